The molecule has 0 unspecified atom stereocenters. The van der Waals surface area contributed by atoms with Crippen LogP contribution in [0.15, 0.2) is 42.7 Å². The lowest BCUT2D eigenvalue weighted by atomic mass is 10.2. The van der Waals surface area contributed by atoms with Crippen LogP contribution in [0, 0.1) is 6.92 Å². The van der Waals surface area contributed by atoms with Gasteiger partial charge in [-0.2, -0.15) is 0 Å². The Hall–Kier alpha value is -2.40. The summed E-state index contributed by atoms with van der Waals surface area (Å²) in [5, 5.41) is 5.94. The molecule has 1 heterocycles. The van der Waals surface area contributed by atoms with E-state index in [2.05, 4.69) is 15.6 Å². The van der Waals surface area contributed by atoms with Crippen LogP contribution in [-0.4, -0.2) is 24.5 Å². The smallest absolute Gasteiger partial charge is 0.238 e. The Labute approximate surface area is 124 Å². The van der Waals surface area contributed by atoms with Gasteiger partial charge in [0.25, 0.3) is 0 Å². The number of carbonyl (C=O) groups is 1. The van der Waals surface area contributed by atoms with Gasteiger partial charge in [-0.05, 0) is 42.3 Å². The van der Waals surface area contributed by atoms with Crippen LogP contribution >= 0.6 is 0 Å². The van der Waals surface area contributed by atoms with Gasteiger partial charge in [-0.1, -0.05) is 6.07 Å². The Morgan fingerprint density at radius 2 is 2.00 bits per heavy atom. The van der Waals surface area contributed by atoms with E-state index in [9.17, 15) is 4.79 Å². The number of carbonyl (C=O) groups excluding carboxylic acids is 1. The van der Waals surface area contributed by atoms with Crippen LogP contribution in [0.2, 0.25) is 0 Å². The highest BCUT2D eigenvalue weighted by Crippen LogP contribution is 2.24. The molecule has 0 saturated carbocycles. The van der Waals surface area contributed by atoms with Crippen LogP contribution < -0.4 is 15.4 Å². The zero-order valence-corrected chi connectivity index (χ0v) is 12.2. The largest absolute Gasteiger partial charge is 0.495 e. The maximum atomic E-state index is 11.9. The van der Waals surface area contributed by atoms with Gasteiger partial charge >= 0.3 is 0 Å². The summed E-state index contributed by atoms with van der Waals surface area (Å²) in [6.45, 7) is 2.83. The van der Waals surface area contributed by atoms with Gasteiger partial charge in [-0.3, -0.25) is 9.78 Å². The number of methoxy groups -OCH3 is 1. The Morgan fingerprint density at radius 3 is 2.71 bits per heavy atom. The summed E-state index contributed by atoms with van der Waals surface area (Å²) in [7, 11) is 1.59. The average molecular weight is 285 g/mol. The predicted octanol–water partition coefficient (Wildman–Crippen LogP) is 2.13. The van der Waals surface area contributed by atoms with Gasteiger partial charge in [0.1, 0.15) is 5.75 Å². The van der Waals surface area contributed by atoms with Gasteiger partial charge in [-0.25, -0.2) is 0 Å². The van der Waals surface area contributed by atoms with E-state index in [1.807, 2.05) is 37.3 Å². The third-order valence-corrected chi connectivity index (χ3v) is 2.99. The number of ether oxygens (including phenoxy) is 1. The van der Waals surface area contributed by atoms with E-state index < -0.39 is 0 Å². The molecule has 0 bridgehead atoms. The van der Waals surface area contributed by atoms with Crippen molar-refractivity contribution in [1.29, 1.82) is 0 Å². The molecule has 1 aromatic heterocycles. The van der Waals surface area contributed by atoms with Gasteiger partial charge in [0.05, 0.1) is 19.3 Å². The molecular weight excluding hydrogens is 266 g/mol. The molecule has 1 amide bonds. The standard InChI is InChI=1S/C16H19N3O2/c1-12-3-4-15(21-2)14(9-12)19-16(20)11-18-10-13-5-7-17-8-6-13/h3-9,18H,10-11H2,1-2H3,(H,19,20). The van der Waals surface area contributed by atoms with Crippen LogP contribution in [0.1, 0.15) is 11.1 Å². The number of hydrogen-bond donors (Lipinski definition) is 2. The first-order valence-corrected chi connectivity index (χ1v) is 6.73. The summed E-state index contributed by atoms with van der Waals surface area (Å²) in [5.41, 5.74) is 2.84. The Kier molecular flexibility index (Phi) is 5.29. The van der Waals surface area contributed by atoms with E-state index in [1.54, 1.807) is 19.5 Å². The molecule has 5 nitrogen and oxygen atoms in total. The number of aryl methyl sites for hydroxylation is 1. The monoisotopic (exact) mass is 285 g/mol. The molecule has 5 heteroatoms. The first-order valence-electron chi connectivity index (χ1n) is 6.73. The fourth-order valence-corrected chi connectivity index (χ4v) is 1.93. The molecule has 0 spiro atoms. The lowest BCUT2D eigenvalue weighted by Gasteiger charge is -2.11. The van der Waals surface area contributed by atoms with E-state index in [4.69, 9.17) is 4.74 Å². The lowest BCUT2D eigenvalue weighted by Crippen LogP contribution is -2.27. The summed E-state index contributed by atoms with van der Waals surface area (Å²) < 4.78 is 5.23. The summed E-state index contributed by atoms with van der Waals surface area (Å²) in [6.07, 6.45) is 3.46. The molecule has 0 aliphatic carbocycles. The second kappa shape index (κ2) is 7.40. The molecule has 2 N–H and O–H groups in total. The van der Waals surface area contributed by atoms with Crippen molar-refractivity contribution in [3.8, 4) is 5.75 Å². The fourth-order valence-electron chi connectivity index (χ4n) is 1.93. The number of benzene rings is 1. The van der Waals surface area contributed by atoms with Crippen molar-refractivity contribution >= 4 is 11.6 Å². The van der Waals surface area contributed by atoms with E-state index in [0.29, 0.717) is 18.0 Å². The van der Waals surface area contributed by atoms with Crippen LogP contribution in [0.25, 0.3) is 0 Å². The highest BCUT2D eigenvalue weighted by Gasteiger charge is 2.07. The molecule has 0 fully saturated rings. The molecule has 0 aliphatic rings. The van der Waals surface area contributed by atoms with Crippen molar-refractivity contribution in [3.05, 3.63) is 53.9 Å². The van der Waals surface area contributed by atoms with Gasteiger partial charge in [0.2, 0.25) is 5.91 Å². The van der Waals surface area contributed by atoms with Gasteiger partial charge in [0.15, 0.2) is 0 Å². The Morgan fingerprint density at radius 1 is 1.24 bits per heavy atom. The SMILES string of the molecule is COc1ccc(C)cc1NC(=O)CNCc1ccncc1. The minimum atomic E-state index is -0.104. The molecule has 0 radical (unpaired) electrons. The minimum Gasteiger partial charge on any atom is -0.495 e. The molecule has 1 aromatic carbocycles. The van der Waals surface area contributed by atoms with Crippen molar-refractivity contribution in [1.82, 2.24) is 10.3 Å². The van der Waals surface area contributed by atoms with Crippen LogP contribution in [0.3, 0.4) is 0 Å². The second-order valence-corrected chi connectivity index (χ2v) is 4.71. The number of rotatable bonds is 6. The maximum Gasteiger partial charge on any atom is 0.238 e. The average Bonchev–Trinajstić information content (AvgIpc) is 2.48. The third-order valence-electron chi connectivity index (χ3n) is 2.99. The summed E-state index contributed by atoms with van der Waals surface area (Å²) in [6, 6.07) is 9.49. The van der Waals surface area contributed by atoms with Crippen molar-refractivity contribution in [2.45, 2.75) is 13.5 Å². The number of amides is 1. The molecule has 0 atom stereocenters. The quantitative estimate of drug-likeness (QED) is 0.853. The minimum absolute atomic E-state index is 0.104. The van der Waals surface area contributed by atoms with Gasteiger partial charge in [-0.15, -0.1) is 0 Å². The highest BCUT2D eigenvalue weighted by atomic mass is 16.5. The molecule has 2 aromatic rings. The molecular formula is C16H19N3O2. The van der Waals surface area contributed by atoms with Gasteiger partial charge < -0.3 is 15.4 Å². The molecule has 21 heavy (non-hydrogen) atoms. The maximum absolute atomic E-state index is 11.9. The zero-order chi connectivity index (χ0) is 15.1. The van der Waals surface area contributed by atoms with Crippen molar-refractivity contribution in [2.75, 3.05) is 19.0 Å². The van der Waals surface area contributed by atoms with Crippen molar-refractivity contribution < 1.29 is 9.53 Å². The number of anilines is 1. The van der Waals surface area contributed by atoms with Crippen LogP contribution in [0.4, 0.5) is 5.69 Å². The van der Waals surface area contributed by atoms with Crippen LogP contribution in [-0.2, 0) is 11.3 Å². The molecule has 0 saturated heterocycles. The number of nitrogens with one attached hydrogen (secondary N) is 2. The summed E-state index contributed by atoms with van der Waals surface area (Å²) >= 11 is 0. The lowest BCUT2D eigenvalue weighted by molar-refractivity contribution is -0.115. The second-order valence-electron chi connectivity index (χ2n) is 4.71. The fraction of sp³-hybridized carbons (Fsp3) is 0.250. The van der Waals surface area contributed by atoms with E-state index >= 15 is 0 Å². The normalized spacial score (nSPS) is 10.2. The summed E-state index contributed by atoms with van der Waals surface area (Å²) in [5.74, 6) is 0.552. The first kappa shape index (κ1) is 15.0. The van der Waals surface area contributed by atoms with E-state index in [-0.39, 0.29) is 12.5 Å². The third kappa shape index (κ3) is 4.57. The van der Waals surface area contributed by atoms with Crippen molar-refractivity contribution in [2.24, 2.45) is 0 Å². The number of nitrogens with zero attached hydrogens (tertiary/aromatic N) is 1. The molecule has 110 valence electrons. The summed E-state index contributed by atoms with van der Waals surface area (Å²) in [4.78, 5) is 15.9. The highest BCUT2D eigenvalue weighted by molar-refractivity contribution is 5.93. The molecule has 0 aliphatic heterocycles. The van der Waals surface area contributed by atoms with Crippen molar-refractivity contribution in [3.63, 3.8) is 0 Å². The topological polar surface area (TPSA) is 63.2 Å². The van der Waals surface area contributed by atoms with Crippen LogP contribution in [0.5, 0.6) is 5.75 Å². The molecule has 2 rings (SSSR count). The number of hydrogen-bond acceptors (Lipinski definition) is 4. The Balaban J connectivity index is 1.86. The van der Waals surface area contributed by atoms with Gasteiger partial charge in [0, 0.05) is 18.9 Å². The Bertz CT molecular complexity index is 600. The van der Waals surface area contributed by atoms with E-state index in [0.717, 1.165) is 11.1 Å². The first-order chi connectivity index (χ1) is 10.2. The predicted molar refractivity (Wildman–Crippen MR) is 82.3 cm³/mol. The van der Waals surface area contributed by atoms with E-state index in [1.165, 1.54) is 0 Å². The number of pyridine rings is 1. The number of aromatic nitrogens is 1. The zero-order valence-electron chi connectivity index (χ0n) is 12.2.